The number of methoxy groups -OCH3 is 1. The number of ether oxygens (including phenoxy) is 1. The third kappa shape index (κ3) is 3.11. The minimum Gasteiger partial charge on any atom is -0.497 e. The predicted octanol–water partition coefficient (Wildman–Crippen LogP) is 2.98. The first kappa shape index (κ1) is 11.3. The van der Waals surface area contributed by atoms with E-state index in [1.54, 1.807) is 19.4 Å². The van der Waals surface area contributed by atoms with Crippen LogP contribution in [0, 0.1) is 5.95 Å². The summed E-state index contributed by atoms with van der Waals surface area (Å²) in [5.41, 5.74) is 1.52. The zero-order chi connectivity index (χ0) is 12.1. The molecule has 0 atom stereocenters. The van der Waals surface area contributed by atoms with Gasteiger partial charge in [0.15, 0.2) is 0 Å². The molecule has 0 aliphatic heterocycles. The Hall–Kier alpha value is -2.23. The lowest BCUT2D eigenvalue weighted by Gasteiger charge is -1.99. The number of rotatable bonds is 3. The van der Waals surface area contributed by atoms with Crippen molar-refractivity contribution in [3.63, 3.8) is 0 Å². The maximum absolute atomic E-state index is 12.6. The smallest absolute Gasteiger partial charge is 0.212 e. The van der Waals surface area contributed by atoms with Crippen LogP contribution in [0.1, 0.15) is 5.56 Å². The molecule has 0 saturated carbocycles. The van der Waals surface area contributed by atoms with Gasteiger partial charge < -0.3 is 4.74 Å². The highest BCUT2D eigenvalue weighted by Crippen LogP contribution is 2.19. The van der Waals surface area contributed by atoms with Crippen LogP contribution in [0.2, 0.25) is 0 Å². The highest BCUT2D eigenvalue weighted by molar-refractivity contribution is 5.81. The average molecular weight is 230 g/mol. The van der Waals surface area contributed by atoms with Gasteiger partial charge in [0, 0.05) is 24.0 Å². The Bertz CT molecular complexity index is 523. The van der Waals surface area contributed by atoms with Gasteiger partial charge in [0.2, 0.25) is 5.95 Å². The van der Waals surface area contributed by atoms with Gasteiger partial charge in [-0.1, -0.05) is 6.07 Å². The van der Waals surface area contributed by atoms with Gasteiger partial charge in [-0.3, -0.25) is 4.99 Å². The molecule has 0 radical (unpaired) electrons. The van der Waals surface area contributed by atoms with E-state index in [-0.39, 0.29) is 0 Å². The van der Waals surface area contributed by atoms with E-state index in [0.717, 1.165) is 17.0 Å². The van der Waals surface area contributed by atoms with E-state index in [4.69, 9.17) is 4.74 Å². The molecule has 4 heteroatoms. The van der Waals surface area contributed by atoms with Crippen LogP contribution in [0.4, 0.5) is 10.1 Å². The van der Waals surface area contributed by atoms with E-state index in [0.29, 0.717) is 0 Å². The molecule has 17 heavy (non-hydrogen) atoms. The van der Waals surface area contributed by atoms with Crippen molar-refractivity contribution < 1.29 is 9.13 Å². The van der Waals surface area contributed by atoms with Gasteiger partial charge in [0.05, 0.1) is 12.8 Å². The lowest BCUT2D eigenvalue weighted by molar-refractivity contribution is 0.415. The summed E-state index contributed by atoms with van der Waals surface area (Å²) >= 11 is 0. The summed E-state index contributed by atoms with van der Waals surface area (Å²) in [4.78, 5) is 7.79. The fraction of sp³-hybridized carbons (Fsp3) is 0.0769. The number of aromatic nitrogens is 1. The number of nitrogens with zero attached hydrogens (tertiary/aromatic N) is 2. The SMILES string of the molecule is COc1cccc(/N=C/c2ccc(F)nc2)c1. The summed E-state index contributed by atoms with van der Waals surface area (Å²) in [7, 11) is 1.60. The Morgan fingerprint density at radius 2 is 2.18 bits per heavy atom. The van der Waals surface area contributed by atoms with Crippen LogP contribution in [0.5, 0.6) is 5.75 Å². The molecule has 86 valence electrons. The Labute approximate surface area is 98.6 Å². The second kappa shape index (κ2) is 5.21. The summed E-state index contributed by atoms with van der Waals surface area (Å²) < 4.78 is 17.7. The molecule has 1 aromatic carbocycles. The van der Waals surface area contributed by atoms with Crippen LogP contribution >= 0.6 is 0 Å². The third-order valence-electron chi connectivity index (χ3n) is 2.17. The summed E-state index contributed by atoms with van der Waals surface area (Å²) in [6, 6.07) is 10.3. The van der Waals surface area contributed by atoms with E-state index in [2.05, 4.69) is 9.98 Å². The normalized spacial score (nSPS) is 10.7. The monoisotopic (exact) mass is 230 g/mol. The molecule has 0 aliphatic rings. The van der Waals surface area contributed by atoms with Crippen molar-refractivity contribution >= 4 is 11.9 Å². The fourth-order valence-electron chi connectivity index (χ4n) is 1.30. The van der Waals surface area contributed by atoms with Crippen molar-refractivity contribution in [3.05, 3.63) is 54.1 Å². The molecular formula is C13H11FN2O. The van der Waals surface area contributed by atoms with E-state index in [1.165, 1.54) is 12.3 Å². The second-order valence-electron chi connectivity index (χ2n) is 3.37. The molecule has 0 N–H and O–H groups in total. The molecule has 2 aromatic rings. The van der Waals surface area contributed by atoms with Crippen LogP contribution in [0.3, 0.4) is 0 Å². The third-order valence-corrected chi connectivity index (χ3v) is 2.17. The first-order valence-electron chi connectivity index (χ1n) is 5.07. The number of benzene rings is 1. The highest BCUT2D eigenvalue weighted by atomic mass is 19.1. The van der Waals surface area contributed by atoms with Crippen LogP contribution in [0.15, 0.2) is 47.6 Å². The van der Waals surface area contributed by atoms with Crippen molar-refractivity contribution in [2.75, 3.05) is 7.11 Å². The van der Waals surface area contributed by atoms with Gasteiger partial charge >= 0.3 is 0 Å². The van der Waals surface area contributed by atoms with Gasteiger partial charge in [0.25, 0.3) is 0 Å². The van der Waals surface area contributed by atoms with Crippen molar-refractivity contribution in [3.8, 4) is 5.75 Å². The Morgan fingerprint density at radius 3 is 2.88 bits per heavy atom. The molecule has 1 aromatic heterocycles. The molecular weight excluding hydrogens is 219 g/mol. The minimum absolute atomic E-state index is 0.497. The van der Waals surface area contributed by atoms with Gasteiger partial charge in [-0.15, -0.1) is 0 Å². The zero-order valence-corrected chi connectivity index (χ0v) is 9.30. The molecule has 0 spiro atoms. The quantitative estimate of drug-likeness (QED) is 0.600. The fourth-order valence-corrected chi connectivity index (χ4v) is 1.30. The van der Waals surface area contributed by atoms with Crippen LogP contribution in [0.25, 0.3) is 0 Å². The first-order valence-corrected chi connectivity index (χ1v) is 5.07. The molecule has 0 bridgehead atoms. The van der Waals surface area contributed by atoms with Crippen LogP contribution in [-0.2, 0) is 0 Å². The molecule has 0 fully saturated rings. The van der Waals surface area contributed by atoms with E-state index < -0.39 is 5.95 Å². The highest BCUT2D eigenvalue weighted by Gasteiger charge is 1.94. The Morgan fingerprint density at radius 1 is 1.29 bits per heavy atom. The van der Waals surface area contributed by atoms with E-state index >= 15 is 0 Å². The molecule has 0 unspecified atom stereocenters. The number of hydrogen-bond acceptors (Lipinski definition) is 3. The number of pyridine rings is 1. The topological polar surface area (TPSA) is 34.5 Å². The predicted molar refractivity (Wildman–Crippen MR) is 64.4 cm³/mol. The largest absolute Gasteiger partial charge is 0.497 e. The minimum atomic E-state index is -0.497. The zero-order valence-electron chi connectivity index (χ0n) is 9.30. The van der Waals surface area contributed by atoms with E-state index in [9.17, 15) is 4.39 Å². The van der Waals surface area contributed by atoms with E-state index in [1.807, 2.05) is 24.3 Å². The average Bonchev–Trinajstić information content (AvgIpc) is 2.38. The van der Waals surface area contributed by atoms with Crippen LogP contribution in [-0.4, -0.2) is 18.3 Å². The summed E-state index contributed by atoms with van der Waals surface area (Å²) in [6.07, 6.45) is 3.06. The summed E-state index contributed by atoms with van der Waals surface area (Å²) in [5, 5.41) is 0. The molecule has 1 heterocycles. The maximum atomic E-state index is 12.6. The van der Waals surface area contributed by atoms with Crippen molar-refractivity contribution in [2.24, 2.45) is 4.99 Å². The number of aliphatic imine (C=N–C) groups is 1. The van der Waals surface area contributed by atoms with Crippen molar-refractivity contribution in [1.82, 2.24) is 4.98 Å². The molecule has 2 rings (SSSR count). The second-order valence-corrected chi connectivity index (χ2v) is 3.37. The van der Waals surface area contributed by atoms with Crippen LogP contribution < -0.4 is 4.74 Å². The van der Waals surface area contributed by atoms with Gasteiger partial charge in [-0.2, -0.15) is 4.39 Å². The standard InChI is InChI=1S/C13H11FN2O/c1-17-12-4-2-3-11(7-12)15-8-10-5-6-13(14)16-9-10/h2-9H,1H3/b15-8+. The summed E-state index contributed by atoms with van der Waals surface area (Å²) in [5.74, 6) is 0.250. The van der Waals surface area contributed by atoms with Gasteiger partial charge in [-0.05, 0) is 24.3 Å². The maximum Gasteiger partial charge on any atom is 0.212 e. The lowest BCUT2D eigenvalue weighted by Crippen LogP contribution is -1.86. The lowest BCUT2D eigenvalue weighted by atomic mass is 10.3. The molecule has 0 saturated heterocycles. The Balaban J connectivity index is 2.16. The molecule has 0 aliphatic carbocycles. The van der Waals surface area contributed by atoms with Crippen molar-refractivity contribution in [2.45, 2.75) is 0 Å². The molecule has 0 amide bonds. The van der Waals surface area contributed by atoms with Gasteiger partial charge in [-0.25, -0.2) is 4.98 Å². The first-order chi connectivity index (χ1) is 8.28. The summed E-state index contributed by atoms with van der Waals surface area (Å²) in [6.45, 7) is 0. The molecule has 3 nitrogen and oxygen atoms in total. The number of hydrogen-bond donors (Lipinski definition) is 0. The van der Waals surface area contributed by atoms with Gasteiger partial charge in [0.1, 0.15) is 5.75 Å². The Kier molecular flexibility index (Phi) is 3.45. The number of halogens is 1. The van der Waals surface area contributed by atoms with Crippen molar-refractivity contribution in [1.29, 1.82) is 0 Å².